The molecule has 0 aliphatic carbocycles. The zero-order chi connectivity index (χ0) is 39.5. The van der Waals surface area contributed by atoms with Crippen molar-refractivity contribution in [1.82, 2.24) is 35.1 Å². The molecule has 6 aromatic rings. The van der Waals surface area contributed by atoms with Gasteiger partial charge < -0.3 is 10.6 Å². The van der Waals surface area contributed by atoms with Crippen LogP contribution >= 0.6 is 0 Å². The van der Waals surface area contributed by atoms with Crippen LogP contribution in [0.25, 0.3) is 27.9 Å². The van der Waals surface area contributed by atoms with Gasteiger partial charge in [-0.1, -0.05) is 48.5 Å². The third-order valence-electron chi connectivity index (χ3n) is 11.0. The highest BCUT2D eigenvalue weighted by Crippen LogP contribution is 2.32. The van der Waals surface area contributed by atoms with E-state index in [1.165, 1.54) is 23.3 Å². The first kappa shape index (κ1) is 37.6. The van der Waals surface area contributed by atoms with E-state index in [-0.39, 0.29) is 35.7 Å². The summed E-state index contributed by atoms with van der Waals surface area (Å²) in [7, 11) is 0. The molecule has 2 aliphatic rings. The van der Waals surface area contributed by atoms with Crippen molar-refractivity contribution in [2.45, 2.75) is 64.1 Å². The van der Waals surface area contributed by atoms with E-state index in [0.29, 0.717) is 18.8 Å². The van der Waals surface area contributed by atoms with Gasteiger partial charge >= 0.3 is 0 Å². The lowest BCUT2D eigenvalue weighted by atomic mass is 9.89. The highest BCUT2D eigenvalue weighted by molar-refractivity contribution is 6.01. The molecule has 2 aliphatic heterocycles. The van der Waals surface area contributed by atoms with Gasteiger partial charge in [0.15, 0.2) is 0 Å². The van der Waals surface area contributed by atoms with E-state index in [4.69, 9.17) is 0 Å². The molecule has 11 nitrogen and oxygen atoms in total. The van der Waals surface area contributed by atoms with Gasteiger partial charge in [0.05, 0.1) is 11.2 Å². The monoisotopic (exact) mass is 768 g/mol. The van der Waals surface area contributed by atoms with Gasteiger partial charge in [0.1, 0.15) is 18.1 Å². The summed E-state index contributed by atoms with van der Waals surface area (Å²) >= 11 is 0. The first-order chi connectivity index (χ1) is 27.7. The van der Waals surface area contributed by atoms with Gasteiger partial charge in [0, 0.05) is 54.3 Å². The maximum Gasteiger partial charge on any atom is 0.270 e. The molecule has 2 fully saturated rings. The summed E-state index contributed by atoms with van der Waals surface area (Å²) in [5.41, 5.74) is 9.90. The SMILES string of the molecule is Cc1cc(-c2ncnn3cc(-c4ccc(CN5CCC(c6ccc(NC7CCC(=O)NC7=O)cc6)CC5)cc4)cc23)ccc1CNC(=O)c1ccc(C(F)F)cn1. The van der Waals surface area contributed by atoms with Crippen LogP contribution in [0.15, 0.2) is 104 Å². The van der Waals surface area contributed by atoms with Crippen molar-refractivity contribution in [1.29, 1.82) is 0 Å². The molecule has 3 N–H and O–H groups in total. The van der Waals surface area contributed by atoms with Gasteiger partial charge in [-0.3, -0.25) is 29.6 Å². The third-order valence-corrected chi connectivity index (χ3v) is 11.0. The molecule has 1 unspecified atom stereocenters. The number of carbonyl (C=O) groups excluding carboxylic acids is 3. The Bertz CT molecular complexity index is 2410. The van der Waals surface area contributed by atoms with Gasteiger partial charge in [-0.25, -0.2) is 18.3 Å². The number of alkyl halides is 2. The van der Waals surface area contributed by atoms with Gasteiger partial charge in [-0.05, 0) is 109 Å². The number of carbonyl (C=O) groups is 3. The fourth-order valence-corrected chi connectivity index (χ4v) is 7.66. The molecule has 3 aromatic heterocycles. The number of likely N-dealkylation sites (tertiary alicyclic amines) is 1. The van der Waals surface area contributed by atoms with Crippen LogP contribution in [-0.4, -0.2) is 61.3 Å². The number of hydrogen-bond donors (Lipinski definition) is 3. The number of nitrogens with one attached hydrogen (secondary N) is 3. The van der Waals surface area contributed by atoms with Gasteiger partial charge in [-0.2, -0.15) is 5.10 Å². The van der Waals surface area contributed by atoms with Crippen molar-refractivity contribution >= 4 is 28.9 Å². The summed E-state index contributed by atoms with van der Waals surface area (Å²) in [5.74, 6) is -0.419. The molecule has 3 amide bonds. The van der Waals surface area contributed by atoms with E-state index in [0.717, 1.165) is 83.4 Å². The predicted octanol–water partition coefficient (Wildman–Crippen LogP) is 7.23. The minimum atomic E-state index is -2.64. The third kappa shape index (κ3) is 8.58. The van der Waals surface area contributed by atoms with Crippen LogP contribution in [0.1, 0.15) is 76.3 Å². The number of hydrogen-bond acceptors (Lipinski definition) is 8. The van der Waals surface area contributed by atoms with Crippen molar-refractivity contribution in [2.24, 2.45) is 0 Å². The van der Waals surface area contributed by atoms with Crippen LogP contribution in [0, 0.1) is 6.92 Å². The predicted molar refractivity (Wildman–Crippen MR) is 212 cm³/mol. The Morgan fingerprint density at radius 2 is 1.67 bits per heavy atom. The zero-order valence-corrected chi connectivity index (χ0v) is 31.4. The molecule has 2 saturated heterocycles. The van der Waals surface area contributed by atoms with Crippen LogP contribution in [0.3, 0.4) is 0 Å². The summed E-state index contributed by atoms with van der Waals surface area (Å²) in [4.78, 5) is 47.2. The molecule has 3 aromatic carbocycles. The highest BCUT2D eigenvalue weighted by atomic mass is 19.3. The second-order valence-corrected chi connectivity index (χ2v) is 14.8. The largest absolute Gasteiger partial charge is 0.374 e. The van der Waals surface area contributed by atoms with Crippen molar-refractivity contribution in [3.05, 3.63) is 137 Å². The number of benzene rings is 3. The lowest BCUT2D eigenvalue weighted by molar-refractivity contribution is -0.133. The minimum absolute atomic E-state index is 0.0798. The number of fused-ring (bicyclic) bond motifs is 1. The van der Waals surface area contributed by atoms with Gasteiger partial charge in [0.2, 0.25) is 11.8 Å². The fourth-order valence-electron chi connectivity index (χ4n) is 7.66. The maximum absolute atomic E-state index is 12.8. The number of imide groups is 1. The van der Waals surface area contributed by atoms with E-state index in [1.54, 1.807) is 6.33 Å². The standard InChI is InChI=1S/C44H42F2N8O3/c1-27-20-32(6-7-33(27)22-48-43(56)37-13-10-34(23-47-37)42(45)46)41-39-21-35(25-54(39)50-26-49-41)30-4-2-28(3-5-30)24-53-18-16-31(17-19-53)29-8-11-36(12-9-29)51-38-14-15-40(55)52-44(38)57/h2-13,20-21,23,25-26,31,38,42,51H,14-19,22,24H2,1H3,(H,48,56)(H,52,55,57). The summed E-state index contributed by atoms with van der Waals surface area (Å²) in [6.45, 7) is 5.15. The number of rotatable bonds is 11. The quantitative estimate of drug-likeness (QED) is 0.118. The number of aromatic nitrogens is 4. The van der Waals surface area contributed by atoms with Crippen LogP contribution < -0.4 is 16.0 Å². The Hall–Kier alpha value is -6.34. The second kappa shape index (κ2) is 16.4. The van der Waals surface area contributed by atoms with E-state index >= 15 is 0 Å². The minimum Gasteiger partial charge on any atom is -0.374 e. The van der Waals surface area contributed by atoms with Crippen molar-refractivity contribution < 1.29 is 23.2 Å². The average molecular weight is 769 g/mol. The topological polar surface area (TPSA) is 134 Å². The molecular weight excluding hydrogens is 727 g/mol. The van der Waals surface area contributed by atoms with Crippen molar-refractivity contribution in [3.63, 3.8) is 0 Å². The second-order valence-electron chi connectivity index (χ2n) is 14.8. The lowest BCUT2D eigenvalue weighted by Gasteiger charge is -2.32. The Kier molecular flexibility index (Phi) is 10.8. The van der Waals surface area contributed by atoms with E-state index in [2.05, 4.69) is 78.4 Å². The van der Waals surface area contributed by atoms with Gasteiger partial charge in [0.25, 0.3) is 12.3 Å². The summed E-state index contributed by atoms with van der Waals surface area (Å²) in [6.07, 6.45) is 4.96. The van der Waals surface area contributed by atoms with E-state index in [9.17, 15) is 23.2 Å². The lowest BCUT2D eigenvalue weighted by Crippen LogP contribution is -2.47. The number of anilines is 1. The van der Waals surface area contributed by atoms with Crippen LogP contribution in [0.2, 0.25) is 0 Å². The van der Waals surface area contributed by atoms with Crippen LogP contribution in [0.4, 0.5) is 14.5 Å². The smallest absolute Gasteiger partial charge is 0.270 e. The van der Waals surface area contributed by atoms with E-state index < -0.39 is 12.3 Å². The van der Waals surface area contributed by atoms with Crippen LogP contribution in [0.5, 0.6) is 0 Å². The highest BCUT2D eigenvalue weighted by Gasteiger charge is 2.27. The Morgan fingerprint density at radius 1 is 0.895 bits per heavy atom. The van der Waals surface area contributed by atoms with Crippen molar-refractivity contribution in [3.8, 4) is 22.4 Å². The van der Waals surface area contributed by atoms with Gasteiger partial charge in [-0.15, -0.1) is 0 Å². The molecule has 0 bridgehead atoms. The molecule has 290 valence electrons. The molecule has 1 atom stereocenters. The molecule has 0 radical (unpaired) electrons. The summed E-state index contributed by atoms with van der Waals surface area (Å²) in [6, 6.07) is 27.2. The Morgan fingerprint density at radius 3 is 2.37 bits per heavy atom. The number of halogens is 2. The number of amides is 3. The Balaban J connectivity index is 0.856. The number of nitrogens with zero attached hydrogens (tertiary/aromatic N) is 5. The molecular formula is C44H42F2N8O3. The molecule has 0 saturated carbocycles. The van der Waals surface area contributed by atoms with Crippen LogP contribution in [-0.2, 0) is 22.7 Å². The summed E-state index contributed by atoms with van der Waals surface area (Å²) < 4.78 is 27.5. The zero-order valence-electron chi connectivity index (χ0n) is 31.4. The molecule has 0 spiro atoms. The average Bonchev–Trinajstić information content (AvgIpc) is 3.67. The number of pyridine rings is 1. The fraction of sp³-hybridized carbons (Fsp3) is 0.273. The van der Waals surface area contributed by atoms with E-state index in [1.807, 2.05) is 48.0 Å². The maximum atomic E-state index is 12.8. The number of piperidine rings is 2. The molecule has 57 heavy (non-hydrogen) atoms. The summed E-state index contributed by atoms with van der Waals surface area (Å²) in [5, 5.41) is 13.0. The molecule has 13 heteroatoms. The molecule has 8 rings (SSSR count). The molecule has 5 heterocycles. The first-order valence-electron chi connectivity index (χ1n) is 19.1. The Labute approximate surface area is 328 Å². The van der Waals surface area contributed by atoms with Crippen molar-refractivity contribution in [2.75, 3.05) is 18.4 Å². The first-order valence-corrected chi connectivity index (χ1v) is 19.1. The normalized spacial score (nSPS) is 16.5. The number of aryl methyl sites for hydroxylation is 1.